The van der Waals surface area contributed by atoms with E-state index in [1.165, 1.54) is 36.4 Å². The van der Waals surface area contributed by atoms with Crippen LogP contribution in [-0.4, -0.2) is 32.1 Å². The fraction of sp³-hybridized carbons (Fsp3) is 0.200. The van der Waals surface area contributed by atoms with Gasteiger partial charge in [-0.15, -0.1) is 0 Å². The molecule has 0 fully saturated rings. The largest absolute Gasteiger partial charge is 0.294 e. The Morgan fingerprint density at radius 1 is 0.833 bits per heavy atom. The fourth-order valence-electron chi connectivity index (χ4n) is 2.25. The Morgan fingerprint density at radius 2 is 1.25 bits per heavy atom. The maximum atomic E-state index is 11.3. The Bertz CT molecular complexity index is 862. The van der Waals surface area contributed by atoms with Crippen molar-refractivity contribution >= 4 is 38.8 Å². The summed E-state index contributed by atoms with van der Waals surface area (Å²) in [6, 6.07) is 12.0. The maximum absolute atomic E-state index is 11.3. The molecule has 0 spiro atoms. The molecule has 0 bridgehead atoms. The summed E-state index contributed by atoms with van der Waals surface area (Å²) in [5.41, 5.74) is 0. The van der Waals surface area contributed by atoms with E-state index in [0.29, 0.717) is 16.8 Å². The summed E-state index contributed by atoms with van der Waals surface area (Å²) in [4.78, 5) is -0.399. The molecule has 0 atom stereocenters. The molecule has 9 heteroatoms. The summed E-state index contributed by atoms with van der Waals surface area (Å²) in [7, 11) is -9.65. The summed E-state index contributed by atoms with van der Waals surface area (Å²) < 4.78 is 63.8. The van der Waals surface area contributed by atoms with Crippen LogP contribution in [0.5, 0.6) is 0 Å². The first kappa shape index (κ1) is 19.0. The SMILES string of the molecule is CCCP(c1cccc(S(=O)(=O)O)c1)c1cccc(S(=O)(=O)O)c1. The summed E-state index contributed by atoms with van der Waals surface area (Å²) in [5.74, 6) is 0. The third-order valence-electron chi connectivity index (χ3n) is 3.30. The average Bonchev–Trinajstić information content (AvgIpc) is 2.51. The molecule has 0 radical (unpaired) electrons. The van der Waals surface area contributed by atoms with Gasteiger partial charge >= 0.3 is 0 Å². The second-order valence-electron chi connectivity index (χ2n) is 5.10. The van der Waals surface area contributed by atoms with Crippen LogP contribution >= 0.6 is 7.92 Å². The molecule has 0 aromatic heterocycles. The van der Waals surface area contributed by atoms with Crippen molar-refractivity contribution in [1.82, 2.24) is 0 Å². The van der Waals surface area contributed by atoms with Gasteiger partial charge < -0.3 is 0 Å². The predicted octanol–water partition coefficient (Wildman–Crippen LogP) is 2.02. The van der Waals surface area contributed by atoms with Crippen LogP contribution in [0.4, 0.5) is 0 Å². The van der Waals surface area contributed by atoms with E-state index >= 15 is 0 Å². The summed E-state index contributed by atoms with van der Waals surface area (Å²) >= 11 is 0. The zero-order valence-electron chi connectivity index (χ0n) is 12.8. The highest BCUT2D eigenvalue weighted by atomic mass is 32.2. The van der Waals surface area contributed by atoms with Crippen molar-refractivity contribution < 1.29 is 25.9 Å². The molecule has 130 valence electrons. The summed E-state index contributed by atoms with van der Waals surface area (Å²) in [6.45, 7) is 1.97. The standard InChI is InChI=1S/C15H17O6PS2/c1-2-9-22(12-5-3-7-14(10-12)23(16,17)18)13-6-4-8-15(11-13)24(19,20)21/h3-8,10-11H,2,9H2,1H3,(H,16,17,18)(H,19,20,21). The van der Waals surface area contributed by atoms with Crippen molar-refractivity contribution in [2.75, 3.05) is 6.16 Å². The second kappa shape index (κ2) is 7.29. The predicted molar refractivity (Wildman–Crippen MR) is 93.9 cm³/mol. The molecule has 0 aliphatic heterocycles. The zero-order chi connectivity index (χ0) is 18.0. The van der Waals surface area contributed by atoms with Crippen molar-refractivity contribution in [1.29, 1.82) is 0 Å². The van der Waals surface area contributed by atoms with E-state index < -0.39 is 28.2 Å². The van der Waals surface area contributed by atoms with Gasteiger partial charge in [0.15, 0.2) is 0 Å². The van der Waals surface area contributed by atoms with Crippen LogP contribution in [0.3, 0.4) is 0 Å². The monoisotopic (exact) mass is 388 g/mol. The van der Waals surface area contributed by atoms with Crippen LogP contribution in [-0.2, 0) is 20.2 Å². The first-order valence-corrected chi connectivity index (χ1v) is 11.5. The molecule has 0 aliphatic carbocycles. The van der Waals surface area contributed by atoms with Gasteiger partial charge in [0.1, 0.15) is 0 Å². The summed E-state index contributed by atoms with van der Waals surface area (Å²) in [5, 5.41) is 1.41. The molecule has 0 heterocycles. The van der Waals surface area contributed by atoms with E-state index in [1.54, 1.807) is 12.1 Å². The smallest absolute Gasteiger partial charge is 0.282 e. The normalized spacial score (nSPS) is 12.5. The highest BCUT2D eigenvalue weighted by molar-refractivity contribution is 7.86. The van der Waals surface area contributed by atoms with Crippen LogP contribution in [0.15, 0.2) is 58.3 Å². The van der Waals surface area contributed by atoms with E-state index in [-0.39, 0.29) is 9.79 Å². The Balaban J connectivity index is 2.55. The Hall–Kier alpha value is -1.31. The topological polar surface area (TPSA) is 109 Å². The van der Waals surface area contributed by atoms with E-state index in [1.807, 2.05) is 6.92 Å². The fourth-order valence-corrected chi connectivity index (χ4v) is 5.87. The molecule has 2 aromatic carbocycles. The van der Waals surface area contributed by atoms with E-state index in [0.717, 1.165) is 6.42 Å². The lowest BCUT2D eigenvalue weighted by atomic mass is 10.4. The highest BCUT2D eigenvalue weighted by Gasteiger charge is 2.18. The average molecular weight is 388 g/mol. The molecule has 0 saturated carbocycles. The third kappa shape index (κ3) is 4.62. The van der Waals surface area contributed by atoms with Gasteiger partial charge in [-0.2, -0.15) is 16.8 Å². The molecule has 2 aromatic rings. The van der Waals surface area contributed by atoms with Gasteiger partial charge in [-0.3, -0.25) is 9.11 Å². The van der Waals surface area contributed by atoms with Gasteiger partial charge in [0, 0.05) is 0 Å². The van der Waals surface area contributed by atoms with Crippen LogP contribution in [0, 0.1) is 0 Å². The Labute approximate surface area is 142 Å². The van der Waals surface area contributed by atoms with Crippen molar-refractivity contribution in [2.24, 2.45) is 0 Å². The van der Waals surface area contributed by atoms with E-state index in [9.17, 15) is 25.9 Å². The van der Waals surface area contributed by atoms with E-state index in [4.69, 9.17) is 0 Å². The van der Waals surface area contributed by atoms with E-state index in [2.05, 4.69) is 0 Å². The van der Waals surface area contributed by atoms with Crippen molar-refractivity contribution in [2.45, 2.75) is 23.1 Å². The Kier molecular flexibility index (Phi) is 5.78. The highest BCUT2D eigenvalue weighted by Crippen LogP contribution is 2.35. The molecule has 0 saturated heterocycles. The van der Waals surface area contributed by atoms with Crippen LogP contribution < -0.4 is 10.6 Å². The number of rotatable bonds is 6. The zero-order valence-corrected chi connectivity index (χ0v) is 15.4. The van der Waals surface area contributed by atoms with Gasteiger partial charge in [-0.1, -0.05) is 37.6 Å². The molecule has 6 nitrogen and oxygen atoms in total. The van der Waals surface area contributed by atoms with Crippen molar-refractivity contribution in [3.63, 3.8) is 0 Å². The van der Waals surface area contributed by atoms with Crippen LogP contribution in [0.25, 0.3) is 0 Å². The van der Waals surface area contributed by atoms with Gasteiger partial charge in [-0.25, -0.2) is 0 Å². The maximum Gasteiger partial charge on any atom is 0.294 e. The summed E-state index contributed by atoms with van der Waals surface area (Å²) in [6.07, 6.45) is 1.51. The molecule has 24 heavy (non-hydrogen) atoms. The molecular formula is C15H17O6PS2. The molecule has 0 amide bonds. The first-order chi connectivity index (χ1) is 11.1. The number of hydrogen-bond acceptors (Lipinski definition) is 4. The van der Waals surface area contributed by atoms with Gasteiger partial charge in [0.05, 0.1) is 9.79 Å². The Morgan fingerprint density at radius 3 is 1.58 bits per heavy atom. The molecule has 0 unspecified atom stereocenters. The minimum absolute atomic E-state index is 0.200. The quantitative estimate of drug-likeness (QED) is 0.579. The molecule has 0 aliphatic rings. The van der Waals surface area contributed by atoms with Gasteiger partial charge in [-0.05, 0) is 49.0 Å². The van der Waals surface area contributed by atoms with Crippen LogP contribution in [0.1, 0.15) is 13.3 Å². The third-order valence-corrected chi connectivity index (χ3v) is 7.70. The minimum Gasteiger partial charge on any atom is -0.282 e. The number of benzene rings is 2. The number of hydrogen-bond donors (Lipinski definition) is 2. The lowest BCUT2D eigenvalue weighted by Gasteiger charge is -2.19. The molecular weight excluding hydrogens is 371 g/mol. The van der Waals surface area contributed by atoms with Gasteiger partial charge in [0.25, 0.3) is 20.2 Å². The minimum atomic E-state index is -4.31. The second-order valence-corrected chi connectivity index (χ2v) is 10.3. The molecule has 2 N–H and O–H groups in total. The lowest BCUT2D eigenvalue weighted by Crippen LogP contribution is -2.16. The first-order valence-electron chi connectivity index (χ1n) is 7.05. The van der Waals surface area contributed by atoms with Crippen molar-refractivity contribution in [3.8, 4) is 0 Å². The molecule has 2 rings (SSSR count). The lowest BCUT2D eigenvalue weighted by molar-refractivity contribution is 0.481. The van der Waals surface area contributed by atoms with Crippen LogP contribution in [0.2, 0.25) is 0 Å². The van der Waals surface area contributed by atoms with Crippen molar-refractivity contribution in [3.05, 3.63) is 48.5 Å². The van der Waals surface area contributed by atoms with Gasteiger partial charge in [0.2, 0.25) is 0 Å².